The Morgan fingerprint density at radius 3 is 2.55 bits per heavy atom. The minimum atomic E-state index is -0.277. The van der Waals surface area contributed by atoms with Gasteiger partial charge in [-0.1, -0.05) is 26.8 Å². The molecule has 1 aromatic carbocycles. The van der Waals surface area contributed by atoms with E-state index in [1.165, 1.54) is 0 Å². The maximum absolute atomic E-state index is 13.9. The summed E-state index contributed by atoms with van der Waals surface area (Å²) in [5.41, 5.74) is 0.951. The zero-order valence-electron chi connectivity index (χ0n) is 12.9. The largest absolute Gasteiger partial charge is 0.489 e. The van der Waals surface area contributed by atoms with E-state index >= 15 is 0 Å². The highest BCUT2D eigenvalue weighted by molar-refractivity contribution is 5.29. The van der Waals surface area contributed by atoms with Gasteiger partial charge >= 0.3 is 0 Å². The van der Waals surface area contributed by atoms with Gasteiger partial charge in [0, 0.05) is 13.1 Å². The lowest BCUT2D eigenvalue weighted by molar-refractivity contribution is 0.217. The Kier molecular flexibility index (Phi) is 8.23. The van der Waals surface area contributed by atoms with Crippen molar-refractivity contribution in [2.75, 3.05) is 32.8 Å². The number of benzene rings is 1. The molecule has 0 spiro atoms. The molecular weight excluding hydrogens is 255 g/mol. The van der Waals surface area contributed by atoms with Crippen LogP contribution in [0, 0.1) is 5.82 Å². The molecule has 0 aliphatic rings. The molecule has 0 unspecified atom stereocenters. The molecule has 0 heterocycles. The van der Waals surface area contributed by atoms with Crippen LogP contribution in [0.2, 0.25) is 0 Å². The number of hydrogen-bond donors (Lipinski definition) is 1. The standard InChI is InChI=1S/C16H27FN2O/c1-4-9-18-13-14-7-8-16(15(17)12-14)20-11-10-19(5-2)6-3/h7-8,12,18H,4-6,9-11,13H2,1-3H3. The predicted molar refractivity (Wildman–Crippen MR) is 81.7 cm³/mol. The topological polar surface area (TPSA) is 24.5 Å². The summed E-state index contributed by atoms with van der Waals surface area (Å²) < 4.78 is 19.4. The van der Waals surface area contributed by atoms with Gasteiger partial charge in [-0.25, -0.2) is 4.39 Å². The fraction of sp³-hybridized carbons (Fsp3) is 0.625. The summed E-state index contributed by atoms with van der Waals surface area (Å²) in [6.07, 6.45) is 1.08. The number of rotatable bonds is 10. The van der Waals surface area contributed by atoms with Crippen molar-refractivity contribution in [1.29, 1.82) is 0 Å². The molecule has 0 atom stereocenters. The first-order valence-corrected chi connectivity index (χ1v) is 7.55. The quantitative estimate of drug-likeness (QED) is 0.668. The molecule has 1 rings (SSSR count). The van der Waals surface area contributed by atoms with Crippen molar-refractivity contribution >= 4 is 0 Å². The molecule has 0 aliphatic heterocycles. The van der Waals surface area contributed by atoms with Crippen molar-refractivity contribution in [2.45, 2.75) is 33.7 Å². The van der Waals surface area contributed by atoms with E-state index in [1.807, 2.05) is 6.07 Å². The maximum atomic E-state index is 13.9. The van der Waals surface area contributed by atoms with Gasteiger partial charge in [-0.05, 0) is 43.8 Å². The van der Waals surface area contributed by atoms with Crippen LogP contribution < -0.4 is 10.1 Å². The first kappa shape index (κ1) is 16.9. The van der Waals surface area contributed by atoms with Crippen LogP contribution in [-0.2, 0) is 6.54 Å². The van der Waals surface area contributed by atoms with Gasteiger partial charge in [0.2, 0.25) is 0 Å². The van der Waals surface area contributed by atoms with Crippen LogP contribution in [0.15, 0.2) is 18.2 Å². The van der Waals surface area contributed by atoms with Gasteiger partial charge in [-0.3, -0.25) is 0 Å². The molecule has 0 fully saturated rings. The van der Waals surface area contributed by atoms with E-state index in [0.717, 1.165) is 38.2 Å². The second-order valence-corrected chi connectivity index (χ2v) is 4.82. The fourth-order valence-corrected chi connectivity index (χ4v) is 2.01. The summed E-state index contributed by atoms with van der Waals surface area (Å²) in [6, 6.07) is 5.19. The number of hydrogen-bond acceptors (Lipinski definition) is 3. The number of halogens is 1. The lowest BCUT2D eigenvalue weighted by Crippen LogP contribution is -2.28. The van der Waals surface area contributed by atoms with E-state index < -0.39 is 0 Å². The molecule has 20 heavy (non-hydrogen) atoms. The Morgan fingerprint density at radius 2 is 1.95 bits per heavy atom. The molecule has 0 radical (unpaired) electrons. The van der Waals surface area contributed by atoms with Gasteiger partial charge in [-0.15, -0.1) is 0 Å². The number of ether oxygens (including phenoxy) is 1. The third-order valence-corrected chi connectivity index (χ3v) is 3.31. The van der Waals surface area contributed by atoms with Crippen molar-refractivity contribution < 1.29 is 9.13 Å². The lowest BCUT2D eigenvalue weighted by atomic mass is 10.2. The van der Waals surface area contributed by atoms with E-state index in [9.17, 15) is 4.39 Å². The lowest BCUT2D eigenvalue weighted by Gasteiger charge is -2.18. The number of nitrogens with one attached hydrogen (secondary N) is 1. The summed E-state index contributed by atoms with van der Waals surface area (Å²) in [7, 11) is 0. The minimum absolute atomic E-state index is 0.277. The minimum Gasteiger partial charge on any atom is -0.489 e. The fourth-order valence-electron chi connectivity index (χ4n) is 2.01. The van der Waals surface area contributed by atoms with Crippen molar-refractivity contribution in [2.24, 2.45) is 0 Å². The monoisotopic (exact) mass is 282 g/mol. The zero-order valence-corrected chi connectivity index (χ0v) is 12.9. The highest BCUT2D eigenvalue weighted by Gasteiger charge is 2.06. The summed E-state index contributed by atoms with van der Waals surface area (Å²) in [4.78, 5) is 2.25. The molecule has 1 N–H and O–H groups in total. The first-order valence-electron chi connectivity index (χ1n) is 7.55. The average Bonchev–Trinajstić information content (AvgIpc) is 2.46. The third-order valence-electron chi connectivity index (χ3n) is 3.31. The van der Waals surface area contributed by atoms with E-state index in [4.69, 9.17) is 4.74 Å². The van der Waals surface area contributed by atoms with E-state index in [1.54, 1.807) is 12.1 Å². The van der Waals surface area contributed by atoms with Crippen LogP contribution in [0.4, 0.5) is 4.39 Å². The van der Waals surface area contributed by atoms with Gasteiger partial charge in [0.1, 0.15) is 6.61 Å². The van der Waals surface area contributed by atoms with Crippen LogP contribution in [0.3, 0.4) is 0 Å². The highest BCUT2D eigenvalue weighted by atomic mass is 19.1. The van der Waals surface area contributed by atoms with Crippen molar-refractivity contribution in [3.05, 3.63) is 29.6 Å². The molecule has 0 bridgehead atoms. The Bertz CT molecular complexity index is 381. The van der Waals surface area contributed by atoms with Gasteiger partial charge in [0.25, 0.3) is 0 Å². The smallest absolute Gasteiger partial charge is 0.165 e. The van der Waals surface area contributed by atoms with Crippen LogP contribution in [0.5, 0.6) is 5.75 Å². The number of likely N-dealkylation sites (N-methyl/N-ethyl adjacent to an activating group) is 1. The van der Waals surface area contributed by atoms with E-state index in [-0.39, 0.29) is 5.82 Å². The third kappa shape index (κ3) is 5.88. The Hall–Kier alpha value is -1.13. The van der Waals surface area contributed by atoms with Gasteiger partial charge in [0.15, 0.2) is 11.6 Å². The van der Waals surface area contributed by atoms with Crippen LogP contribution >= 0.6 is 0 Å². The van der Waals surface area contributed by atoms with Crippen LogP contribution in [0.25, 0.3) is 0 Å². The number of nitrogens with zero attached hydrogens (tertiary/aromatic N) is 1. The van der Waals surface area contributed by atoms with Gasteiger partial charge < -0.3 is 15.0 Å². The van der Waals surface area contributed by atoms with Crippen molar-refractivity contribution in [1.82, 2.24) is 10.2 Å². The molecule has 0 amide bonds. The van der Waals surface area contributed by atoms with Crippen LogP contribution in [0.1, 0.15) is 32.8 Å². The van der Waals surface area contributed by atoms with Crippen molar-refractivity contribution in [3.8, 4) is 5.75 Å². The summed E-state index contributed by atoms with van der Waals surface area (Å²) in [6.45, 7) is 11.3. The van der Waals surface area contributed by atoms with E-state index in [2.05, 4.69) is 31.0 Å². The SMILES string of the molecule is CCCNCc1ccc(OCCN(CC)CC)c(F)c1. The zero-order chi connectivity index (χ0) is 14.8. The second-order valence-electron chi connectivity index (χ2n) is 4.82. The molecule has 0 aromatic heterocycles. The molecular formula is C16H27FN2O. The normalized spacial score (nSPS) is 11.1. The Morgan fingerprint density at radius 1 is 1.20 bits per heavy atom. The van der Waals surface area contributed by atoms with Crippen LogP contribution in [-0.4, -0.2) is 37.7 Å². The van der Waals surface area contributed by atoms with Gasteiger partial charge in [0.05, 0.1) is 0 Å². The maximum Gasteiger partial charge on any atom is 0.165 e. The molecule has 0 saturated carbocycles. The second kappa shape index (κ2) is 9.72. The molecule has 4 heteroatoms. The summed E-state index contributed by atoms with van der Waals surface area (Å²) in [5.74, 6) is 0.0664. The van der Waals surface area contributed by atoms with Crippen molar-refractivity contribution in [3.63, 3.8) is 0 Å². The highest BCUT2D eigenvalue weighted by Crippen LogP contribution is 2.18. The summed E-state index contributed by atoms with van der Waals surface area (Å²) >= 11 is 0. The van der Waals surface area contributed by atoms with E-state index in [0.29, 0.717) is 18.9 Å². The molecule has 0 aliphatic carbocycles. The Labute approximate surface area is 122 Å². The molecule has 1 aromatic rings. The molecule has 3 nitrogen and oxygen atoms in total. The summed E-state index contributed by atoms with van der Waals surface area (Å²) in [5, 5.41) is 3.26. The average molecular weight is 282 g/mol. The first-order chi connectivity index (χ1) is 9.71. The predicted octanol–water partition coefficient (Wildman–Crippen LogP) is 3.05. The van der Waals surface area contributed by atoms with Gasteiger partial charge in [-0.2, -0.15) is 0 Å². The molecule has 0 saturated heterocycles. The Balaban J connectivity index is 2.43. The molecule has 114 valence electrons.